The highest BCUT2D eigenvalue weighted by Crippen LogP contribution is 2.45. The summed E-state index contributed by atoms with van der Waals surface area (Å²) in [5.41, 5.74) is 13.1. The van der Waals surface area contributed by atoms with Crippen molar-refractivity contribution in [2.24, 2.45) is 21.5 Å². The Bertz CT molecular complexity index is 1600. The normalized spacial score (nSPS) is 27.5. The minimum Gasteiger partial charge on any atom is -0.370 e. The molecular weight excluding hydrogens is 566 g/mol. The summed E-state index contributed by atoms with van der Waals surface area (Å²) in [5, 5.41) is 29.4. The van der Waals surface area contributed by atoms with Crippen molar-refractivity contribution in [2.45, 2.75) is 62.7 Å². The number of imide groups is 1. The molecule has 0 aromatic heterocycles. The molecule has 3 unspecified atom stereocenters. The number of para-hydroxylation sites is 1. The molecule has 8 N–H and O–H groups in total. The van der Waals surface area contributed by atoms with E-state index < -0.39 is 47.4 Å². The number of urea groups is 1. The van der Waals surface area contributed by atoms with Crippen LogP contribution in [-0.4, -0.2) is 99.0 Å². The van der Waals surface area contributed by atoms with Crippen LogP contribution in [0.1, 0.15) is 42.3 Å². The number of anilines is 1. The first-order valence-corrected chi connectivity index (χ1v) is 14.4. The minimum atomic E-state index is -2.67. The Hall–Kier alpha value is -4.69. The maximum atomic E-state index is 13.7. The largest absolute Gasteiger partial charge is 0.370 e. The SMILES string of the molecule is Cc1cccc(C(=O)NC2CN3C(N)=N[C@@H](CN4C(=O)CN(c5ccccc5)C4=O)C4N=C(N)NC43C2(O)O)c1C(C)(C)C. The van der Waals surface area contributed by atoms with Gasteiger partial charge in [0.2, 0.25) is 5.79 Å². The summed E-state index contributed by atoms with van der Waals surface area (Å²) in [6.45, 7) is 7.41. The Labute approximate surface area is 254 Å². The molecule has 4 heterocycles. The highest BCUT2D eigenvalue weighted by Gasteiger charge is 2.73. The number of aliphatic hydroxyl groups is 2. The molecule has 2 fully saturated rings. The van der Waals surface area contributed by atoms with Crippen LogP contribution < -0.4 is 27.0 Å². The Morgan fingerprint density at radius 1 is 1.09 bits per heavy atom. The molecule has 2 saturated heterocycles. The minimum absolute atomic E-state index is 0.0854. The van der Waals surface area contributed by atoms with Gasteiger partial charge in [-0.25, -0.2) is 14.8 Å². The summed E-state index contributed by atoms with van der Waals surface area (Å²) < 4.78 is 0. The number of aryl methyl sites for hydroxylation is 1. The number of aliphatic imine (C=N–C) groups is 2. The second-order valence-corrected chi connectivity index (χ2v) is 12.7. The molecular formula is C30H37N9O5. The molecule has 0 saturated carbocycles. The van der Waals surface area contributed by atoms with E-state index in [1.54, 1.807) is 36.4 Å². The van der Waals surface area contributed by atoms with Crippen molar-refractivity contribution >= 4 is 35.5 Å². The zero-order chi connectivity index (χ0) is 31.8. The Balaban J connectivity index is 1.30. The molecule has 14 nitrogen and oxygen atoms in total. The molecule has 14 heteroatoms. The van der Waals surface area contributed by atoms with Crippen molar-refractivity contribution in [1.29, 1.82) is 0 Å². The predicted octanol–water partition coefficient (Wildman–Crippen LogP) is -0.464. The fourth-order valence-electron chi connectivity index (χ4n) is 7.04. The molecule has 6 rings (SSSR count). The summed E-state index contributed by atoms with van der Waals surface area (Å²) in [4.78, 5) is 52.8. The lowest BCUT2D eigenvalue weighted by molar-refractivity contribution is -0.230. The lowest BCUT2D eigenvalue weighted by atomic mass is 9.80. The molecule has 0 bridgehead atoms. The Morgan fingerprint density at radius 2 is 1.80 bits per heavy atom. The Kier molecular flexibility index (Phi) is 6.63. The molecule has 0 radical (unpaired) electrons. The number of carbonyl (C=O) groups is 3. The number of rotatable bonds is 5. The highest BCUT2D eigenvalue weighted by atomic mass is 16.5. The summed E-state index contributed by atoms with van der Waals surface area (Å²) in [7, 11) is 0. The van der Waals surface area contributed by atoms with Crippen molar-refractivity contribution < 1.29 is 24.6 Å². The van der Waals surface area contributed by atoms with Crippen molar-refractivity contribution in [1.82, 2.24) is 20.4 Å². The summed E-state index contributed by atoms with van der Waals surface area (Å²) in [6, 6.07) is 10.3. The fourth-order valence-corrected chi connectivity index (χ4v) is 7.04. The van der Waals surface area contributed by atoms with E-state index >= 15 is 0 Å². The van der Waals surface area contributed by atoms with Gasteiger partial charge >= 0.3 is 6.03 Å². The van der Waals surface area contributed by atoms with Gasteiger partial charge in [0.05, 0.1) is 12.6 Å². The van der Waals surface area contributed by atoms with E-state index in [4.69, 9.17) is 11.5 Å². The standard InChI is InChI=1S/C30H37N9O5/c1-16-9-8-12-18(22(16)28(2,3)4)24(41)34-20-14-39-26(32)33-19(23-29(39,30(20,43)44)36-25(31)35-23)13-38-21(40)15-37(27(38)42)17-10-6-5-7-11-17/h5-12,19-20,23,43-44H,13-15H2,1-4H3,(H2,32,33)(H,34,41)(H3,31,35,36)/t19-,20?,23?,29?/m0/s1. The molecule has 4 atom stereocenters. The van der Waals surface area contributed by atoms with E-state index in [1.165, 1.54) is 9.80 Å². The van der Waals surface area contributed by atoms with Crippen LogP contribution in [0.3, 0.4) is 0 Å². The van der Waals surface area contributed by atoms with Crippen LogP contribution in [0.2, 0.25) is 0 Å². The second kappa shape index (κ2) is 9.92. The second-order valence-electron chi connectivity index (χ2n) is 12.7. The zero-order valence-corrected chi connectivity index (χ0v) is 25.0. The number of guanidine groups is 2. The van der Waals surface area contributed by atoms with Crippen LogP contribution in [0.5, 0.6) is 0 Å². The fraction of sp³-hybridized carbons (Fsp3) is 0.433. The van der Waals surface area contributed by atoms with Gasteiger partial charge in [0, 0.05) is 17.8 Å². The number of amides is 4. The number of nitrogens with zero attached hydrogens (tertiary/aromatic N) is 5. The van der Waals surface area contributed by atoms with E-state index in [0.29, 0.717) is 11.3 Å². The number of carbonyl (C=O) groups excluding carboxylic acids is 3. The van der Waals surface area contributed by atoms with Gasteiger partial charge in [-0.2, -0.15) is 0 Å². The number of hydrogen-bond acceptors (Lipinski definition) is 11. The van der Waals surface area contributed by atoms with Crippen LogP contribution >= 0.6 is 0 Å². The molecule has 2 aromatic carbocycles. The number of nitrogens with two attached hydrogens (primary N) is 2. The monoisotopic (exact) mass is 603 g/mol. The topological polar surface area (TPSA) is 202 Å². The summed E-state index contributed by atoms with van der Waals surface area (Å²) >= 11 is 0. The quantitative estimate of drug-likeness (QED) is 0.193. The molecule has 1 spiro atoms. The third-order valence-corrected chi connectivity index (χ3v) is 8.87. The van der Waals surface area contributed by atoms with Gasteiger partial charge < -0.3 is 37.2 Å². The number of nitrogens with one attached hydrogen (secondary N) is 2. The van der Waals surface area contributed by atoms with E-state index in [1.807, 2.05) is 39.8 Å². The first-order chi connectivity index (χ1) is 20.7. The smallest absolute Gasteiger partial charge is 0.331 e. The summed E-state index contributed by atoms with van der Waals surface area (Å²) in [5.74, 6) is -3.80. The van der Waals surface area contributed by atoms with Gasteiger partial charge in [-0.15, -0.1) is 0 Å². The van der Waals surface area contributed by atoms with Crippen LogP contribution in [0.15, 0.2) is 58.5 Å². The van der Waals surface area contributed by atoms with E-state index in [0.717, 1.165) is 16.0 Å². The van der Waals surface area contributed by atoms with Crippen molar-refractivity contribution in [3.63, 3.8) is 0 Å². The Morgan fingerprint density at radius 3 is 2.48 bits per heavy atom. The molecule has 4 amide bonds. The van der Waals surface area contributed by atoms with Crippen molar-refractivity contribution in [3.05, 3.63) is 65.2 Å². The molecule has 4 aliphatic heterocycles. The molecule has 4 aliphatic rings. The summed E-state index contributed by atoms with van der Waals surface area (Å²) in [6.07, 6.45) is 0. The molecule has 0 aliphatic carbocycles. The average molecular weight is 604 g/mol. The van der Waals surface area contributed by atoms with Crippen LogP contribution in [-0.2, 0) is 10.2 Å². The maximum absolute atomic E-state index is 13.7. The first-order valence-electron chi connectivity index (χ1n) is 14.4. The third-order valence-electron chi connectivity index (χ3n) is 8.87. The zero-order valence-electron chi connectivity index (χ0n) is 25.0. The number of benzene rings is 2. The first kappa shape index (κ1) is 29.4. The lowest BCUT2D eigenvalue weighted by Gasteiger charge is -2.49. The van der Waals surface area contributed by atoms with Gasteiger partial charge in [0.1, 0.15) is 18.6 Å². The third kappa shape index (κ3) is 4.27. The van der Waals surface area contributed by atoms with Gasteiger partial charge in [-0.1, -0.05) is 51.1 Å². The lowest BCUT2D eigenvalue weighted by Crippen LogP contribution is -2.78. The molecule has 2 aromatic rings. The molecule has 232 valence electrons. The van der Waals surface area contributed by atoms with Crippen molar-refractivity contribution in [3.8, 4) is 0 Å². The predicted molar refractivity (Wildman–Crippen MR) is 163 cm³/mol. The van der Waals surface area contributed by atoms with Crippen molar-refractivity contribution in [2.75, 3.05) is 24.5 Å². The van der Waals surface area contributed by atoms with E-state index in [9.17, 15) is 24.6 Å². The average Bonchev–Trinajstić information content (AvgIpc) is 3.53. The van der Waals surface area contributed by atoms with Gasteiger partial charge in [-0.05, 0) is 41.7 Å². The van der Waals surface area contributed by atoms with Crippen LogP contribution in [0, 0.1) is 6.92 Å². The molecule has 44 heavy (non-hydrogen) atoms. The highest BCUT2D eigenvalue weighted by molar-refractivity contribution is 6.12. The van der Waals surface area contributed by atoms with E-state index in [2.05, 4.69) is 20.6 Å². The van der Waals surface area contributed by atoms with Gasteiger partial charge in [0.25, 0.3) is 11.8 Å². The van der Waals surface area contributed by atoms with Gasteiger partial charge in [-0.3, -0.25) is 19.4 Å². The maximum Gasteiger partial charge on any atom is 0.331 e. The number of hydrogen-bond donors (Lipinski definition) is 6. The van der Waals surface area contributed by atoms with Crippen LogP contribution in [0.4, 0.5) is 10.5 Å². The van der Waals surface area contributed by atoms with E-state index in [-0.39, 0.29) is 37.0 Å². The van der Waals surface area contributed by atoms with Crippen LogP contribution in [0.25, 0.3) is 0 Å². The van der Waals surface area contributed by atoms with Gasteiger partial charge in [0.15, 0.2) is 17.6 Å².